The van der Waals surface area contributed by atoms with Gasteiger partial charge in [0.05, 0.1) is 0 Å². The maximum atomic E-state index is 13.0. The summed E-state index contributed by atoms with van der Waals surface area (Å²) in [6.07, 6.45) is 2.51. The zero-order valence-corrected chi connectivity index (χ0v) is 13.9. The van der Waals surface area contributed by atoms with Gasteiger partial charge < -0.3 is 13.9 Å². The van der Waals surface area contributed by atoms with Crippen LogP contribution in [0.15, 0.2) is 33.3 Å². The third-order valence-corrected chi connectivity index (χ3v) is 4.33. The van der Waals surface area contributed by atoms with Crippen LogP contribution in [-0.2, 0) is 6.42 Å². The van der Waals surface area contributed by atoms with E-state index < -0.39 is 0 Å². The summed E-state index contributed by atoms with van der Waals surface area (Å²) in [5.74, 6) is 1.83. The summed E-state index contributed by atoms with van der Waals surface area (Å²) in [6, 6.07) is 6.81. The smallest absolute Gasteiger partial charge is 0.324 e. The highest BCUT2D eigenvalue weighted by molar-refractivity contribution is 5.29. The zero-order valence-electron chi connectivity index (χ0n) is 13.9. The van der Waals surface area contributed by atoms with Crippen LogP contribution in [0.5, 0.6) is 0 Å². The summed E-state index contributed by atoms with van der Waals surface area (Å²) in [5, 5.41) is 8.07. The lowest BCUT2D eigenvalue weighted by molar-refractivity contribution is 0.366. The fourth-order valence-corrected chi connectivity index (χ4v) is 3.07. The first-order chi connectivity index (χ1) is 12.2. The summed E-state index contributed by atoms with van der Waals surface area (Å²) in [7, 11) is 0. The van der Waals surface area contributed by atoms with Crippen molar-refractivity contribution in [2.24, 2.45) is 0 Å². The van der Waals surface area contributed by atoms with Crippen LogP contribution in [0.2, 0.25) is 0 Å². The number of piperidine rings is 1. The fraction of sp³-hybridized carbons (Fsp3) is 0.412. The van der Waals surface area contributed by atoms with Crippen molar-refractivity contribution in [3.63, 3.8) is 0 Å². The maximum absolute atomic E-state index is 13.0. The second-order valence-electron chi connectivity index (χ2n) is 6.25. The number of aromatic nitrogens is 4. The van der Waals surface area contributed by atoms with E-state index >= 15 is 0 Å². The molecule has 1 aliphatic heterocycles. The molecule has 0 aliphatic carbocycles. The van der Waals surface area contributed by atoms with Crippen LogP contribution in [0.4, 0.5) is 10.4 Å². The molecule has 3 aromatic rings. The molecular weight excluding hydrogens is 325 g/mol. The highest BCUT2D eigenvalue weighted by Crippen LogP contribution is 2.27. The molecule has 4 rings (SSSR count). The van der Waals surface area contributed by atoms with Gasteiger partial charge in [-0.3, -0.25) is 0 Å². The van der Waals surface area contributed by atoms with E-state index in [4.69, 9.17) is 9.05 Å². The van der Waals surface area contributed by atoms with Crippen molar-refractivity contribution in [2.45, 2.75) is 32.1 Å². The van der Waals surface area contributed by atoms with Crippen molar-refractivity contribution in [1.29, 1.82) is 0 Å². The molecule has 7 nitrogen and oxygen atoms in total. The third kappa shape index (κ3) is 3.52. The molecule has 1 fully saturated rings. The largest absolute Gasteiger partial charge is 0.340 e. The Morgan fingerprint density at radius 2 is 2.00 bits per heavy atom. The average molecular weight is 343 g/mol. The first-order valence-electron chi connectivity index (χ1n) is 8.29. The molecule has 0 radical (unpaired) electrons. The molecule has 0 unspecified atom stereocenters. The van der Waals surface area contributed by atoms with Gasteiger partial charge in [-0.25, -0.2) is 4.39 Å². The van der Waals surface area contributed by atoms with Crippen LogP contribution < -0.4 is 4.90 Å². The van der Waals surface area contributed by atoms with Gasteiger partial charge in [0.25, 0.3) is 0 Å². The van der Waals surface area contributed by atoms with Crippen molar-refractivity contribution in [3.05, 3.63) is 53.2 Å². The van der Waals surface area contributed by atoms with E-state index in [0.29, 0.717) is 24.2 Å². The maximum Gasteiger partial charge on any atom is 0.324 e. The number of rotatable bonds is 4. The first-order valence-corrected chi connectivity index (χ1v) is 8.29. The van der Waals surface area contributed by atoms with Crippen molar-refractivity contribution in [1.82, 2.24) is 20.3 Å². The highest BCUT2D eigenvalue weighted by atomic mass is 19.1. The van der Waals surface area contributed by atoms with Gasteiger partial charge in [-0.15, -0.1) is 0 Å². The van der Waals surface area contributed by atoms with E-state index in [-0.39, 0.29) is 11.7 Å². The quantitative estimate of drug-likeness (QED) is 0.720. The highest BCUT2D eigenvalue weighted by Gasteiger charge is 2.27. The Morgan fingerprint density at radius 1 is 1.16 bits per heavy atom. The van der Waals surface area contributed by atoms with Crippen molar-refractivity contribution in [3.8, 4) is 0 Å². The van der Waals surface area contributed by atoms with Crippen LogP contribution in [0, 0.1) is 12.7 Å². The Kier molecular flexibility index (Phi) is 4.17. The molecule has 1 saturated heterocycles. The molecular formula is C17H18FN5O2. The number of anilines is 1. The van der Waals surface area contributed by atoms with E-state index in [2.05, 4.69) is 25.2 Å². The summed E-state index contributed by atoms with van der Waals surface area (Å²) in [5.41, 5.74) is 0.938. The molecule has 1 aliphatic rings. The van der Waals surface area contributed by atoms with Gasteiger partial charge in [-0.2, -0.15) is 9.97 Å². The second-order valence-corrected chi connectivity index (χ2v) is 6.25. The van der Waals surface area contributed by atoms with Crippen molar-refractivity contribution < 1.29 is 13.4 Å². The summed E-state index contributed by atoms with van der Waals surface area (Å²) in [6.45, 7) is 3.36. The molecule has 0 N–H and O–H groups in total. The number of hydrogen-bond acceptors (Lipinski definition) is 7. The van der Waals surface area contributed by atoms with Crippen molar-refractivity contribution >= 4 is 6.01 Å². The van der Waals surface area contributed by atoms with Gasteiger partial charge in [-0.1, -0.05) is 22.4 Å². The monoisotopic (exact) mass is 343 g/mol. The normalized spacial score (nSPS) is 17.8. The predicted molar refractivity (Wildman–Crippen MR) is 86.7 cm³/mol. The molecule has 8 heteroatoms. The molecule has 0 saturated carbocycles. The van der Waals surface area contributed by atoms with Crippen LogP contribution >= 0.6 is 0 Å². The van der Waals surface area contributed by atoms with Crippen LogP contribution in [0.25, 0.3) is 0 Å². The van der Waals surface area contributed by atoms with Gasteiger partial charge in [0.15, 0.2) is 11.6 Å². The Balaban J connectivity index is 1.45. The number of hydrogen-bond donors (Lipinski definition) is 0. The molecule has 2 aromatic heterocycles. The third-order valence-electron chi connectivity index (χ3n) is 4.33. The summed E-state index contributed by atoms with van der Waals surface area (Å²) in [4.78, 5) is 10.9. The Hall–Kier alpha value is -2.77. The van der Waals surface area contributed by atoms with Gasteiger partial charge >= 0.3 is 6.01 Å². The molecule has 0 amide bonds. The molecule has 3 heterocycles. The van der Waals surface area contributed by atoms with E-state index in [1.54, 1.807) is 19.1 Å². The second kappa shape index (κ2) is 6.62. The van der Waals surface area contributed by atoms with E-state index in [0.717, 1.165) is 37.3 Å². The van der Waals surface area contributed by atoms with E-state index in [9.17, 15) is 4.39 Å². The lowest BCUT2D eigenvalue weighted by atomic mass is 9.98. The van der Waals surface area contributed by atoms with Crippen molar-refractivity contribution in [2.75, 3.05) is 18.0 Å². The average Bonchev–Trinajstić information content (AvgIpc) is 3.26. The molecule has 1 atom stereocenters. The first kappa shape index (κ1) is 15.7. The summed E-state index contributed by atoms with van der Waals surface area (Å²) < 4.78 is 23.5. The minimum absolute atomic E-state index is 0.193. The van der Waals surface area contributed by atoms with Crippen LogP contribution in [0.1, 0.15) is 41.9 Å². The minimum atomic E-state index is -0.256. The minimum Gasteiger partial charge on any atom is -0.340 e. The van der Waals surface area contributed by atoms with E-state index in [1.165, 1.54) is 12.1 Å². The van der Waals surface area contributed by atoms with Gasteiger partial charge in [-0.05, 0) is 30.5 Å². The molecule has 25 heavy (non-hydrogen) atoms. The SMILES string of the molecule is Cc1nc([C@@H]2CCCN(c3nc(Cc4ccc(F)cc4)no3)C2)no1. The molecule has 130 valence electrons. The summed E-state index contributed by atoms with van der Waals surface area (Å²) >= 11 is 0. The Bertz CT molecular complexity index is 845. The number of aryl methyl sites for hydroxylation is 1. The fourth-order valence-electron chi connectivity index (χ4n) is 3.07. The number of nitrogens with zero attached hydrogens (tertiary/aromatic N) is 5. The number of benzene rings is 1. The van der Waals surface area contributed by atoms with Crippen LogP contribution in [0.3, 0.4) is 0 Å². The van der Waals surface area contributed by atoms with Gasteiger partial charge in [0.2, 0.25) is 5.89 Å². The van der Waals surface area contributed by atoms with Crippen LogP contribution in [-0.4, -0.2) is 33.4 Å². The zero-order chi connectivity index (χ0) is 17.2. The van der Waals surface area contributed by atoms with E-state index in [1.807, 2.05) is 0 Å². The Labute approximate surface area is 143 Å². The molecule has 0 bridgehead atoms. The van der Waals surface area contributed by atoms with Gasteiger partial charge in [0, 0.05) is 32.4 Å². The standard InChI is InChI=1S/C17H18FN5O2/c1-11-19-16(22-24-11)13-3-2-8-23(10-13)17-20-15(21-25-17)9-12-4-6-14(18)7-5-12/h4-7,13H,2-3,8-10H2,1H3/t13-/m1/s1. The van der Waals surface area contributed by atoms with Gasteiger partial charge in [0.1, 0.15) is 5.82 Å². The predicted octanol–water partition coefficient (Wildman–Crippen LogP) is 2.87. The Morgan fingerprint density at radius 3 is 2.76 bits per heavy atom. The molecule has 0 spiro atoms. The topological polar surface area (TPSA) is 81.1 Å². The lowest BCUT2D eigenvalue weighted by Crippen LogP contribution is -2.35. The number of halogens is 1. The lowest BCUT2D eigenvalue weighted by Gasteiger charge is -2.29. The molecule has 1 aromatic carbocycles.